The Hall–Kier alpha value is -1.29. The molecule has 3 nitrogen and oxygen atoms in total. The van der Waals surface area contributed by atoms with E-state index in [1.807, 2.05) is 38.1 Å². The minimum atomic E-state index is 0.387. The number of benzene rings is 1. The fraction of sp³-hybridized carbons (Fsp3) is 0.143. The first kappa shape index (κ1) is 13.7. The van der Waals surface area contributed by atoms with Gasteiger partial charge in [-0.1, -0.05) is 46.9 Å². The predicted molar refractivity (Wildman–Crippen MR) is 82.9 cm³/mol. The van der Waals surface area contributed by atoms with Crippen molar-refractivity contribution in [1.82, 2.24) is 14.6 Å². The highest BCUT2D eigenvalue weighted by atomic mass is 35.5. The fourth-order valence-corrected chi connectivity index (χ4v) is 2.68. The third kappa shape index (κ3) is 2.06. The molecule has 0 bridgehead atoms. The van der Waals surface area contributed by atoms with E-state index in [-0.39, 0.29) is 0 Å². The van der Waals surface area contributed by atoms with Gasteiger partial charge in [0.1, 0.15) is 10.3 Å². The van der Waals surface area contributed by atoms with Crippen LogP contribution in [0.25, 0.3) is 16.8 Å². The Balaban J connectivity index is 2.36. The van der Waals surface area contributed by atoms with Crippen LogP contribution in [0.2, 0.25) is 15.3 Å². The summed E-state index contributed by atoms with van der Waals surface area (Å²) in [4.78, 5) is 4.40. The highest BCUT2D eigenvalue weighted by molar-refractivity contribution is 6.35. The smallest absolute Gasteiger partial charge is 0.166 e. The van der Waals surface area contributed by atoms with E-state index < -0.39 is 0 Å². The van der Waals surface area contributed by atoms with Crippen LogP contribution in [-0.2, 0) is 0 Å². The number of nitrogens with zero attached hydrogens (tertiary/aromatic N) is 3. The van der Waals surface area contributed by atoms with Crippen LogP contribution in [0.3, 0.4) is 0 Å². The Labute approximate surface area is 131 Å². The third-order valence-electron chi connectivity index (χ3n) is 3.18. The van der Waals surface area contributed by atoms with Crippen molar-refractivity contribution in [1.29, 1.82) is 0 Å². The van der Waals surface area contributed by atoms with Gasteiger partial charge < -0.3 is 0 Å². The van der Waals surface area contributed by atoms with Gasteiger partial charge in [0.25, 0.3) is 0 Å². The first-order valence-electron chi connectivity index (χ1n) is 5.96. The van der Waals surface area contributed by atoms with E-state index in [1.54, 1.807) is 4.52 Å². The van der Waals surface area contributed by atoms with E-state index in [1.165, 1.54) is 0 Å². The maximum Gasteiger partial charge on any atom is 0.166 e. The summed E-state index contributed by atoms with van der Waals surface area (Å²) in [6.45, 7) is 3.73. The first-order chi connectivity index (χ1) is 9.49. The summed E-state index contributed by atoms with van der Waals surface area (Å²) in [5.74, 6) is 0. The van der Waals surface area contributed by atoms with Gasteiger partial charge in [-0.05, 0) is 31.5 Å². The molecule has 0 N–H and O–H groups in total. The van der Waals surface area contributed by atoms with E-state index in [0.717, 1.165) is 16.8 Å². The van der Waals surface area contributed by atoms with Crippen molar-refractivity contribution in [3.63, 3.8) is 0 Å². The molecule has 0 radical (unpaired) electrons. The topological polar surface area (TPSA) is 30.2 Å². The standard InChI is InChI=1S/C14H10Cl3N3/c1-7-12(16)18-14-11(8(2)19-20(14)13(7)17)9-3-5-10(15)6-4-9/h3-6H,1-2H3. The Morgan fingerprint density at radius 3 is 2.30 bits per heavy atom. The van der Waals surface area contributed by atoms with Crippen molar-refractivity contribution in [3.8, 4) is 11.1 Å². The monoisotopic (exact) mass is 325 g/mol. The molecule has 0 aliphatic rings. The molecule has 0 atom stereocenters. The highest BCUT2D eigenvalue weighted by Gasteiger charge is 2.17. The Bertz CT molecular complexity index is 807. The molecule has 0 aliphatic carbocycles. The van der Waals surface area contributed by atoms with Gasteiger partial charge in [0.15, 0.2) is 5.65 Å². The van der Waals surface area contributed by atoms with E-state index in [2.05, 4.69) is 10.1 Å². The van der Waals surface area contributed by atoms with Crippen LogP contribution < -0.4 is 0 Å². The van der Waals surface area contributed by atoms with Crippen molar-refractivity contribution >= 4 is 40.4 Å². The van der Waals surface area contributed by atoms with Gasteiger partial charge in [-0.3, -0.25) is 0 Å². The lowest BCUT2D eigenvalue weighted by molar-refractivity contribution is 0.908. The Kier molecular flexibility index (Phi) is 3.36. The average Bonchev–Trinajstić information content (AvgIpc) is 2.74. The van der Waals surface area contributed by atoms with Gasteiger partial charge in [0, 0.05) is 16.1 Å². The largest absolute Gasteiger partial charge is 0.216 e. The molecule has 0 fully saturated rings. The second-order valence-electron chi connectivity index (χ2n) is 4.52. The van der Waals surface area contributed by atoms with Crippen molar-refractivity contribution < 1.29 is 0 Å². The van der Waals surface area contributed by atoms with Gasteiger partial charge in [-0.15, -0.1) is 0 Å². The Morgan fingerprint density at radius 2 is 1.65 bits per heavy atom. The molecule has 1 aromatic carbocycles. The van der Waals surface area contributed by atoms with Crippen molar-refractivity contribution in [2.24, 2.45) is 0 Å². The number of hydrogen-bond acceptors (Lipinski definition) is 2. The first-order valence-corrected chi connectivity index (χ1v) is 7.09. The van der Waals surface area contributed by atoms with Gasteiger partial charge in [-0.25, -0.2) is 9.50 Å². The summed E-state index contributed by atoms with van der Waals surface area (Å²) in [7, 11) is 0. The van der Waals surface area contributed by atoms with Crippen LogP contribution >= 0.6 is 34.8 Å². The summed E-state index contributed by atoms with van der Waals surface area (Å²) < 4.78 is 1.61. The molecule has 6 heteroatoms. The molecule has 0 saturated heterocycles. The zero-order valence-electron chi connectivity index (χ0n) is 10.8. The van der Waals surface area contributed by atoms with Crippen LogP contribution in [0.15, 0.2) is 24.3 Å². The molecule has 2 heterocycles. The molecule has 102 valence electrons. The maximum absolute atomic E-state index is 6.28. The maximum atomic E-state index is 6.28. The third-order valence-corrected chi connectivity index (χ3v) is 4.24. The molecule has 3 rings (SSSR count). The summed E-state index contributed by atoms with van der Waals surface area (Å²) in [6, 6.07) is 7.51. The number of hydrogen-bond donors (Lipinski definition) is 0. The molecule has 0 spiro atoms. The van der Waals surface area contributed by atoms with Gasteiger partial charge in [0.05, 0.1) is 5.69 Å². The summed E-state index contributed by atoms with van der Waals surface area (Å²) in [5.41, 5.74) is 4.08. The molecule has 0 unspecified atom stereocenters. The second kappa shape index (κ2) is 4.92. The molecule has 3 aromatic rings. The molecule has 0 amide bonds. The number of fused-ring (bicyclic) bond motifs is 1. The highest BCUT2D eigenvalue weighted by Crippen LogP contribution is 2.32. The molecule has 0 saturated carbocycles. The second-order valence-corrected chi connectivity index (χ2v) is 5.67. The number of aryl methyl sites for hydroxylation is 1. The number of halogens is 3. The Morgan fingerprint density at radius 1 is 1.00 bits per heavy atom. The summed E-state index contributed by atoms with van der Waals surface area (Å²) >= 11 is 18.3. The normalized spacial score (nSPS) is 11.2. The molecule has 0 aliphatic heterocycles. The minimum Gasteiger partial charge on any atom is -0.216 e. The molecular weight excluding hydrogens is 317 g/mol. The summed E-state index contributed by atoms with van der Waals surface area (Å²) in [6.07, 6.45) is 0. The van der Waals surface area contributed by atoms with E-state index >= 15 is 0 Å². The van der Waals surface area contributed by atoms with Gasteiger partial charge in [-0.2, -0.15) is 5.10 Å². The SMILES string of the molecule is Cc1nn2c(Cl)c(C)c(Cl)nc2c1-c1ccc(Cl)cc1. The lowest BCUT2D eigenvalue weighted by Crippen LogP contribution is -1.96. The van der Waals surface area contributed by atoms with Gasteiger partial charge in [0.2, 0.25) is 0 Å². The quantitative estimate of drug-likeness (QED) is 0.591. The fourth-order valence-electron chi connectivity index (χ4n) is 2.13. The molecule has 20 heavy (non-hydrogen) atoms. The van der Waals surface area contributed by atoms with Crippen LogP contribution in [-0.4, -0.2) is 14.6 Å². The van der Waals surface area contributed by atoms with Crippen LogP contribution in [0.5, 0.6) is 0 Å². The van der Waals surface area contributed by atoms with E-state index in [9.17, 15) is 0 Å². The number of rotatable bonds is 1. The molecule has 2 aromatic heterocycles. The minimum absolute atomic E-state index is 0.387. The van der Waals surface area contributed by atoms with E-state index in [4.69, 9.17) is 34.8 Å². The number of aromatic nitrogens is 3. The summed E-state index contributed by atoms with van der Waals surface area (Å²) in [5, 5.41) is 5.99. The predicted octanol–water partition coefficient (Wildman–Crippen LogP) is 4.97. The van der Waals surface area contributed by atoms with Crippen molar-refractivity contribution in [2.75, 3.05) is 0 Å². The average molecular weight is 327 g/mol. The van der Waals surface area contributed by atoms with Gasteiger partial charge >= 0.3 is 0 Å². The van der Waals surface area contributed by atoms with Crippen LogP contribution in [0.4, 0.5) is 0 Å². The zero-order chi connectivity index (χ0) is 14.4. The lowest BCUT2D eigenvalue weighted by atomic mass is 10.1. The van der Waals surface area contributed by atoms with Crippen LogP contribution in [0.1, 0.15) is 11.3 Å². The molecular formula is C14H10Cl3N3. The zero-order valence-corrected chi connectivity index (χ0v) is 13.1. The van der Waals surface area contributed by atoms with Crippen molar-refractivity contribution in [3.05, 3.63) is 50.9 Å². The lowest BCUT2D eigenvalue weighted by Gasteiger charge is -2.04. The van der Waals surface area contributed by atoms with Crippen molar-refractivity contribution in [2.45, 2.75) is 13.8 Å². The van der Waals surface area contributed by atoms with Crippen LogP contribution in [0, 0.1) is 13.8 Å². The van der Waals surface area contributed by atoms with E-state index in [0.29, 0.717) is 26.5 Å².